The van der Waals surface area contributed by atoms with Crippen molar-refractivity contribution in [3.63, 3.8) is 0 Å². The van der Waals surface area contributed by atoms with E-state index in [-0.39, 0.29) is 11.9 Å². The smallest absolute Gasteiger partial charge is 0.126 e. The molecule has 0 fully saturated rings. The minimum atomic E-state index is -0.177. The van der Waals surface area contributed by atoms with Crippen molar-refractivity contribution in [1.29, 1.82) is 0 Å². The number of hydrogen-bond acceptors (Lipinski definition) is 2. The number of halogens is 1. The van der Waals surface area contributed by atoms with Crippen molar-refractivity contribution in [2.75, 3.05) is 11.1 Å². The third-order valence-electron chi connectivity index (χ3n) is 3.36. The van der Waals surface area contributed by atoms with E-state index in [1.807, 2.05) is 38.1 Å². The molecule has 1 atom stereocenters. The van der Waals surface area contributed by atoms with Crippen LogP contribution in [-0.2, 0) is 0 Å². The molecular weight excluding hydrogens is 239 g/mol. The Labute approximate surface area is 113 Å². The number of benzene rings is 2. The van der Waals surface area contributed by atoms with Gasteiger partial charge in [-0.1, -0.05) is 24.3 Å². The van der Waals surface area contributed by atoms with Crippen LogP contribution in [0.25, 0.3) is 0 Å². The number of nitrogen functional groups attached to an aromatic ring is 1. The first-order valence-electron chi connectivity index (χ1n) is 6.36. The maximum Gasteiger partial charge on any atom is 0.126 e. The van der Waals surface area contributed by atoms with Crippen LogP contribution in [0.4, 0.5) is 15.8 Å². The van der Waals surface area contributed by atoms with E-state index in [2.05, 4.69) is 5.32 Å². The highest BCUT2D eigenvalue weighted by Crippen LogP contribution is 2.27. The number of hydrogen-bond donors (Lipinski definition) is 2. The molecule has 3 N–H and O–H groups in total. The van der Waals surface area contributed by atoms with Gasteiger partial charge in [0.15, 0.2) is 0 Å². The van der Waals surface area contributed by atoms with Crippen molar-refractivity contribution < 1.29 is 4.39 Å². The molecule has 2 rings (SSSR count). The van der Waals surface area contributed by atoms with E-state index in [1.54, 1.807) is 19.1 Å². The molecule has 100 valence electrons. The predicted molar refractivity (Wildman–Crippen MR) is 78.8 cm³/mol. The lowest BCUT2D eigenvalue weighted by Crippen LogP contribution is -2.10. The predicted octanol–water partition coefficient (Wildman–Crippen LogP) is 4.20. The summed E-state index contributed by atoms with van der Waals surface area (Å²) >= 11 is 0. The fourth-order valence-electron chi connectivity index (χ4n) is 2.07. The Morgan fingerprint density at radius 1 is 1.11 bits per heavy atom. The van der Waals surface area contributed by atoms with Gasteiger partial charge in [0.2, 0.25) is 0 Å². The summed E-state index contributed by atoms with van der Waals surface area (Å²) in [4.78, 5) is 0. The van der Waals surface area contributed by atoms with E-state index in [1.165, 1.54) is 0 Å². The van der Waals surface area contributed by atoms with Gasteiger partial charge in [0.05, 0.1) is 11.4 Å². The Bertz CT molecular complexity index is 573. The van der Waals surface area contributed by atoms with E-state index in [0.29, 0.717) is 11.3 Å². The lowest BCUT2D eigenvalue weighted by molar-refractivity contribution is 0.614. The van der Waals surface area contributed by atoms with Gasteiger partial charge in [-0.25, -0.2) is 4.39 Å². The fourth-order valence-corrected chi connectivity index (χ4v) is 2.07. The van der Waals surface area contributed by atoms with Crippen molar-refractivity contribution in [2.24, 2.45) is 0 Å². The second-order valence-corrected chi connectivity index (χ2v) is 4.91. The molecule has 0 aliphatic heterocycles. The number of aryl methyl sites for hydroxylation is 2. The highest BCUT2D eigenvalue weighted by molar-refractivity contribution is 5.70. The normalized spacial score (nSPS) is 12.2. The molecule has 0 aliphatic carbocycles. The molecule has 0 spiro atoms. The number of nitrogens with one attached hydrogen (secondary N) is 1. The lowest BCUT2D eigenvalue weighted by Gasteiger charge is -2.19. The molecule has 0 heterocycles. The van der Waals surface area contributed by atoms with Crippen LogP contribution in [0.2, 0.25) is 0 Å². The molecule has 2 nitrogen and oxygen atoms in total. The summed E-state index contributed by atoms with van der Waals surface area (Å²) in [5.41, 5.74) is 10.2. The number of para-hydroxylation sites is 1. The number of anilines is 2. The van der Waals surface area contributed by atoms with Crippen molar-refractivity contribution >= 4 is 11.4 Å². The van der Waals surface area contributed by atoms with Gasteiger partial charge in [-0.05, 0) is 49.6 Å². The molecule has 3 heteroatoms. The van der Waals surface area contributed by atoms with Crippen LogP contribution in [0.5, 0.6) is 0 Å². The molecule has 2 aromatic rings. The average molecular weight is 258 g/mol. The summed E-state index contributed by atoms with van der Waals surface area (Å²) < 4.78 is 13.6. The molecule has 2 aromatic carbocycles. The molecule has 19 heavy (non-hydrogen) atoms. The highest BCUT2D eigenvalue weighted by Gasteiger charge is 2.10. The molecule has 0 bridgehead atoms. The van der Waals surface area contributed by atoms with Crippen molar-refractivity contribution in [1.82, 2.24) is 0 Å². The Balaban J connectivity index is 2.25. The van der Waals surface area contributed by atoms with E-state index in [9.17, 15) is 4.39 Å². The van der Waals surface area contributed by atoms with Crippen LogP contribution >= 0.6 is 0 Å². The van der Waals surface area contributed by atoms with Crippen LogP contribution in [0.1, 0.15) is 29.7 Å². The van der Waals surface area contributed by atoms with Gasteiger partial charge < -0.3 is 11.1 Å². The van der Waals surface area contributed by atoms with Crippen molar-refractivity contribution in [3.8, 4) is 0 Å². The standard InChI is InChI=1S/C16H19FN2/c1-10-7-8-13(9-14(10)17)12(3)19-16-11(2)5-4-6-15(16)18/h4-9,12,19H,18H2,1-3H3. The molecular formula is C16H19FN2. The third-order valence-corrected chi connectivity index (χ3v) is 3.36. The summed E-state index contributed by atoms with van der Waals surface area (Å²) in [6.07, 6.45) is 0. The fraction of sp³-hybridized carbons (Fsp3) is 0.250. The topological polar surface area (TPSA) is 38.0 Å². The highest BCUT2D eigenvalue weighted by atomic mass is 19.1. The molecule has 0 saturated heterocycles. The van der Waals surface area contributed by atoms with E-state index in [0.717, 1.165) is 16.8 Å². The second-order valence-electron chi connectivity index (χ2n) is 4.91. The second kappa shape index (κ2) is 5.31. The van der Waals surface area contributed by atoms with Crippen LogP contribution < -0.4 is 11.1 Å². The molecule has 0 aromatic heterocycles. The Morgan fingerprint density at radius 3 is 2.47 bits per heavy atom. The van der Waals surface area contributed by atoms with Gasteiger partial charge in [-0.2, -0.15) is 0 Å². The molecule has 0 saturated carbocycles. The maximum atomic E-state index is 13.6. The van der Waals surface area contributed by atoms with Crippen LogP contribution in [0.3, 0.4) is 0 Å². The van der Waals surface area contributed by atoms with Crippen LogP contribution in [-0.4, -0.2) is 0 Å². The summed E-state index contributed by atoms with van der Waals surface area (Å²) in [6.45, 7) is 5.76. The molecule has 0 aliphatic rings. The number of nitrogens with two attached hydrogens (primary N) is 1. The van der Waals surface area contributed by atoms with Gasteiger partial charge >= 0.3 is 0 Å². The first-order valence-corrected chi connectivity index (χ1v) is 6.36. The number of rotatable bonds is 3. The lowest BCUT2D eigenvalue weighted by atomic mass is 10.0. The largest absolute Gasteiger partial charge is 0.397 e. The average Bonchev–Trinajstić information content (AvgIpc) is 2.37. The first-order chi connectivity index (χ1) is 8.99. The minimum absolute atomic E-state index is 0.00139. The first kappa shape index (κ1) is 13.4. The summed E-state index contributed by atoms with van der Waals surface area (Å²) in [6, 6.07) is 11.1. The van der Waals surface area contributed by atoms with Crippen LogP contribution in [0, 0.1) is 19.7 Å². The van der Waals surface area contributed by atoms with E-state index in [4.69, 9.17) is 5.73 Å². The Morgan fingerprint density at radius 2 is 1.84 bits per heavy atom. The zero-order valence-electron chi connectivity index (χ0n) is 11.5. The minimum Gasteiger partial charge on any atom is -0.397 e. The van der Waals surface area contributed by atoms with Crippen molar-refractivity contribution in [2.45, 2.75) is 26.8 Å². The zero-order chi connectivity index (χ0) is 14.0. The molecule has 1 unspecified atom stereocenters. The molecule has 0 radical (unpaired) electrons. The van der Waals surface area contributed by atoms with Gasteiger partial charge in [-0.3, -0.25) is 0 Å². The third kappa shape index (κ3) is 2.87. The zero-order valence-corrected chi connectivity index (χ0v) is 11.5. The Kier molecular flexibility index (Phi) is 3.74. The Hall–Kier alpha value is -2.03. The van der Waals surface area contributed by atoms with E-state index < -0.39 is 0 Å². The SMILES string of the molecule is Cc1ccc(C(C)Nc2c(C)cccc2N)cc1F. The van der Waals surface area contributed by atoms with Gasteiger partial charge in [0.25, 0.3) is 0 Å². The van der Waals surface area contributed by atoms with Gasteiger partial charge in [-0.15, -0.1) is 0 Å². The summed E-state index contributed by atoms with van der Waals surface area (Å²) in [5.74, 6) is -0.177. The van der Waals surface area contributed by atoms with Gasteiger partial charge in [0.1, 0.15) is 5.82 Å². The van der Waals surface area contributed by atoms with Crippen molar-refractivity contribution in [3.05, 3.63) is 58.9 Å². The van der Waals surface area contributed by atoms with Crippen LogP contribution in [0.15, 0.2) is 36.4 Å². The van der Waals surface area contributed by atoms with Gasteiger partial charge in [0, 0.05) is 6.04 Å². The summed E-state index contributed by atoms with van der Waals surface area (Å²) in [5, 5.41) is 3.35. The van der Waals surface area contributed by atoms with E-state index >= 15 is 0 Å². The monoisotopic (exact) mass is 258 g/mol. The summed E-state index contributed by atoms with van der Waals surface area (Å²) in [7, 11) is 0. The quantitative estimate of drug-likeness (QED) is 0.810. The maximum absolute atomic E-state index is 13.6. The molecule has 0 amide bonds.